The van der Waals surface area contributed by atoms with Crippen molar-refractivity contribution < 1.29 is 10.2 Å². The van der Waals surface area contributed by atoms with E-state index in [9.17, 15) is 5.11 Å². The van der Waals surface area contributed by atoms with Crippen LogP contribution < -0.4 is 5.32 Å². The predicted molar refractivity (Wildman–Crippen MR) is 60.6 cm³/mol. The molecule has 1 aromatic rings. The molecule has 1 rings (SSSR count). The Morgan fingerprint density at radius 1 is 1.27 bits per heavy atom. The molecule has 0 aliphatic carbocycles. The van der Waals surface area contributed by atoms with Crippen molar-refractivity contribution in [3.63, 3.8) is 0 Å². The van der Waals surface area contributed by atoms with Gasteiger partial charge in [0.1, 0.15) is 0 Å². The molecule has 0 aliphatic rings. The third kappa shape index (κ3) is 4.00. The number of hydrogen-bond acceptors (Lipinski definition) is 3. The Bertz CT molecular complexity index is 264. The van der Waals surface area contributed by atoms with Crippen molar-refractivity contribution in [1.82, 2.24) is 5.32 Å². The third-order valence-electron chi connectivity index (χ3n) is 2.42. The minimum absolute atomic E-state index is 0.196. The van der Waals surface area contributed by atoms with Crippen molar-refractivity contribution >= 4 is 0 Å². The van der Waals surface area contributed by atoms with Crippen molar-refractivity contribution in [2.45, 2.75) is 25.5 Å². The van der Waals surface area contributed by atoms with Crippen LogP contribution in [0.15, 0.2) is 30.3 Å². The van der Waals surface area contributed by atoms with E-state index >= 15 is 0 Å². The van der Waals surface area contributed by atoms with Gasteiger partial charge in [0.15, 0.2) is 0 Å². The smallest absolute Gasteiger partial charge is 0.0895 e. The first-order chi connectivity index (χ1) is 7.27. The van der Waals surface area contributed by atoms with Gasteiger partial charge in [-0.25, -0.2) is 0 Å². The van der Waals surface area contributed by atoms with Gasteiger partial charge in [0.2, 0.25) is 0 Å². The maximum atomic E-state index is 9.24. The molecule has 2 atom stereocenters. The summed E-state index contributed by atoms with van der Waals surface area (Å²) in [5, 5.41) is 21.2. The van der Waals surface area contributed by atoms with Crippen LogP contribution in [0.4, 0.5) is 0 Å². The first kappa shape index (κ1) is 12.2. The van der Waals surface area contributed by atoms with Crippen LogP contribution >= 0.6 is 0 Å². The summed E-state index contributed by atoms with van der Waals surface area (Å²) in [6, 6.07) is 10.4. The fourth-order valence-corrected chi connectivity index (χ4v) is 1.53. The molecule has 3 heteroatoms. The zero-order chi connectivity index (χ0) is 11.1. The normalized spacial score (nSPS) is 14.9. The van der Waals surface area contributed by atoms with E-state index in [1.165, 1.54) is 5.56 Å². The summed E-state index contributed by atoms with van der Waals surface area (Å²) >= 11 is 0. The van der Waals surface area contributed by atoms with E-state index < -0.39 is 6.10 Å². The lowest BCUT2D eigenvalue weighted by atomic mass is 10.0. The molecular weight excluding hydrogens is 190 g/mol. The number of rotatable bonds is 6. The fraction of sp³-hybridized carbons (Fsp3) is 0.500. The average Bonchev–Trinajstić information content (AvgIpc) is 2.31. The van der Waals surface area contributed by atoms with E-state index in [0.717, 1.165) is 6.42 Å². The summed E-state index contributed by atoms with van der Waals surface area (Å²) in [4.78, 5) is 0. The summed E-state index contributed by atoms with van der Waals surface area (Å²) in [7, 11) is 0. The first-order valence-electron chi connectivity index (χ1n) is 5.35. The molecule has 0 aromatic heterocycles. The maximum Gasteiger partial charge on any atom is 0.0895 e. The molecule has 3 nitrogen and oxygen atoms in total. The summed E-state index contributed by atoms with van der Waals surface area (Å²) in [5.41, 5.74) is 1.21. The zero-order valence-electron chi connectivity index (χ0n) is 9.06. The number of aliphatic hydroxyl groups excluding tert-OH is 2. The third-order valence-corrected chi connectivity index (χ3v) is 2.42. The lowest BCUT2D eigenvalue weighted by Crippen LogP contribution is -2.32. The van der Waals surface area contributed by atoms with Crippen molar-refractivity contribution in [3.8, 4) is 0 Å². The van der Waals surface area contributed by atoms with E-state index in [1.54, 1.807) is 0 Å². The molecule has 0 fully saturated rings. The molecule has 0 aliphatic heterocycles. The molecule has 0 saturated carbocycles. The molecule has 15 heavy (non-hydrogen) atoms. The van der Waals surface area contributed by atoms with Gasteiger partial charge in [0.05, 0.1) is 12.7 Å². The molecule has 0 bridgehead atoms. The van der Waals surface area contributed by atoms with E-state index in [0.29, 0.717) is 6.54 Å². The minimum Gasteiger partial charge on any atom is -0.394 e. The average molecular weight is 209 g/mol. The highest BCUT2D eigenvalue weighted by Gasteiger charge is 2.09. The lowest BCUT2D eigenvalue weighted by molar-refractivity contribution is 0.0917. The van der Waals surface area contributed by atoms with Crippen LogP contribution in [0.25, 0.3) is 0 Å². The van der Waals surface area contributed by atoms with Gasteiger partial charge in [-0.05, 0) is 12.0 Å². The first-order valence-corrected chi connectivity index (χ1v) is 5.35. The van der Waals surface area contributed by atoms with Crippen LogP contribution in [-0.4, -0.2) is 29.5 Å². The monoisotopic (exact) mass is 209 g/mol. The van der Waals surface area contributed by atoms with Crippen LogP contribution in [0.3, 0.4) is 0 Å². The number of nitrogens with one attached hydrogen (secondary N) is 1. The van der Waals surface area contributed by atoms with E-state index in [1.807, 2.05) is 18.2 Å². The lowest BCUT2D eigenvalue weighted by Gasteiger charge is -2.19. The summed E-state index contributed by atoms with van der Waals surface area (Å²) in [6.07, 6.45) is 0.282. The minimum atomic E-state index is -0.678. The molecule has 1 unspecified atom stereocenters. The van der Waals surface area contributed by atoms with Gasteiger partial charge in [0, 0.05) is 12.6 Å². The standard InChI is InChI=1S/C12H19NO2/c1-2-12(13-8-11(15)9-14)10-6-4-3-5-7-10/h3-7,11-15H,2,8-9H2,1H3/t11-,12?/m0/s1. The predicted octanol–water partition coefficient (Wildman–Crippen LogP) is 1.08. The molecule has 84 valence electrons. The second-order valence-corrected chi connectivity index (χ2v) is 3.62. The number of aliphatic hydroxyl groups is 2. The largest absolute Gasteiger partial charge is 0.394 e. The SMILES string of the molecule is CCC(NC[C@H](O)CO)c1ccccc1. The quantitative estimate of drug-likeness (QED) is 0.657. The highest BCUT2D eigenvalue weighted by atomic mass is 16.3. The summed E-state index contributed by atoms with van der Waals surface area (Å²) in [5.74, 6) is 0. The van der Waals surface area contributed by atoms with Crippen molar-refractivity contribution in [3.05, 3.63) is 35.9 Å². The van der Waals surface area contributed by atoms with Crippen molar-refractivity contribution in [2.24, 2.45) is 0 Å². The van der Waals surface area contributed by atoms with E-state index in [-0.39, 0.29) is 12.6 Å². The second kappa shape index (κ2) is 6.56. The molecule has 3 N–H and O–H groups in total. The second-order valence-electron chi connectivity index (χ2n) is 3.62. The molecule has 0 radical (unpaired) electrons. The molecule has 0 amide bonds. The van der Waals surface area contributed by atoms with Gasteiger partial charge in [-0.1, -0.05) is 37.3 Å². The van der Waals surface area contributed by atoms with E-state index in [2.05, 4.69) is 24.4 Å². The van der Waals surface area contributed by atoms with Gasteiger partial charge in [0.25, 0.3) is 0 Å². The Balaban J connectivity index is 2.50. The molecule has 0 saturated heterocycles. The van der Waals surface area contributed by atoms with Gasteiger partial charge in [-0.15, -0.1) is 0 Å². The maximum absolute atomic E-state index is 9.24. The Labute approximate surface area is 90.8 Å². The summed E-state index contributed by atoms with van der Waals surface area (Å²) in [6.45, 7) is 2.32. The van der Waals surface area contributed by atoms with Crippen LogP contribution in [-0.2, 0) is 0 Å². The van der Waals surface area contributed by atoms with Crippen LogP contribution in [0.1, 0.15) is 24.9 Å². The van der Waals surface area contributed by atoms with Crippen LogP contribution in [0.5, 0.6) is 0 Å². The molecule has 0 spiro atoms. The van der Waals surface area contributed by atoms with Gasteiger partial charge in [-0.3, -0.25) is 0 Å². The van der Waals surface area contributed by atoms with Crippen LogP contribution in [0, 0.1) is 0 Å². The van der Waals surface area contributed by atoms with Crippen LogP contribution in [0.2, 0.25) is 0 Å². The van der Waals surface area contributed by atoms with Crippen molar-refractivity contribution in [1.29, 1.82) is 0 Å². The highest BCUT2D eigenvalue weighted by Crippen LogP contribution is 2.15. The molecular formula is C12H19NO2. The van der Waals surface area contributed by atoms with Gasteiger partial charge < -0.3 is 15.5 Å². The van der Waals surface area contributed by atoms with E-state index in [4.69, 9.17) is 5.11 Å². The number of benzene rings is 1. The van der Waals surface area contributed by atoms with Gasteiger partial charge >= 0.3 is 0 Å². The van der Waals surface area contributed by atoms with Crippen molar-refractivity contribution in [2.75, 3.05) is 13.2 Å². The zero-order valence-corrected chi connectivity index (χ0v) is 9.06. The molecule has 0 heterocycles. The Hall–Kier alpha value is -0.900. The summed E-state index contributed by atoms with van der Waals surface area (Å²) < 4.78 is 0. The topological polar surface area (TPSA) is 52.5 Å². The fourth-order valence-electron chi connectivity index (χ4n) is 1.53. The Morgan fingerprint density at radius 2 is 1.93 bits per heavy atom. The Kier molecular flexibility index (Phi) is 5.32. The number of hydrogen-bond donors (Lipinski definition) is 3. The van der Waals surface area contributed by atoms with Gasteiger partial charge in [-0.2, -0.15) is 0 Å². The Morgan fingerprint density at radius 3 is 2.47 bits per heavy atom. The highest BCUT2D eigenvalue weighted by molar-refractivity contribution is 5.18. The molecule has 1 aromatic carbocycles.